The van der Waals surface area contributed by atoms with Crippen LogP contribution in [0.4, 0.5) is 0 Å². The summed E-state index contributed by atoms with van der Waals surface area (Å²) in [6.45, 7) is 4.98. The largest absolute Gasteiger partial charge is 0.370 e. The molecule has 0 radical (unpaired) electrons. The molecule has 19 nitrogen and oxygen atoms in total. The lowest BCUT2D eigenvalue weighted by Gasteiger charge is -2.26. The SMILES string of the molecule is CC(=O)NCCCC[C@H](NC(=O)[C@H](CCCCNC(C)=O)NC(=O)[C@H](Cc1cnc[nH]1)NC(=O)[C@H](CCCN=C(N)N)NC(C)=O)C(N)=O. The highest BCUT2D eigenvalue weighted by Gasteiger charge is 2.31. The Morgan fingerprint density at radius 3 is 1.65 bits per heavy atom. The fourth-order valence-corrected chi connectivity index (χ4v) is 4.69. The number of H-pyrrole nitrogens is 1. The van der Waals surface area contributed by atoms with E-state index in [1.165, 1.54) is 33.3 Å². The van der Waals surface area contributed by atoms with Crippen molar-refractivity contribution >= 4 is 47.3 Å². The second-order valence-corrected chi connectivity index (χ2v) is 11.5. The molecule has 49 heavy (non-hydrogen) atoms. The number of nitrogens with one attached hydrogen (secondary N) is 7. The van der Waals surface area contributed by atoms with Gasteiger partial charge in [-0.2, -0.15) is 0 Å². The number of carbonyl (C=O) groups excluding carboxylic acids is 7. The van der Waals surface area contributed by atoms with Gasteiger partial charge in [-0.3, -0.25) is 38.6 Å². The van der Waals surface area contributed by atoms with Crippen LogP contribution in [0.1, 0.15) is 77.8 Å². The molecule has 0 aliphatic heterocycles. The Balaban J connectivity index is 3.15. The molecule has 0 aromatic carbocycles. The van der Waals surface area contributed by atoms with Crippen molar-refractivity contribution in [2.24, 2.45) is 22.2 Å². The fraction of sp³-hybridized carbons (Fsp3) is 0.633. The maximum absolute atomic E-state index is 13.7. The van der Waals surface area contributed by atoms with Crippen LogP contribution in [0.5, 0.6) is 0 Å². The Hall–Kier alpha value is -5.23. The van der Waals surface area contributed by atoms with Crippen molar-refractivity contribution in [3.8, 4) is 0 Å². The standard InChI is InChI=1S/C30H52N12O7/c1-18(43)35-12-6-4-9-22(26(31)46)40-28(48)24(10-5-7-13-36-19(2)44)41-29(49)25(15-21-16-34-17-38-21)42-27(47)23(39-20(3)45)11-8-14-37-30(32)33/h16-17,22-25H,4-15H2,1-3H3,(H2,31,46)(H,34,38)(H,35,43)(H,36,44)(H,39,45)(H,40,48)(H,41,49)(H,42,47)(H4,32,33,37)/t22-,23-,24-,25-/m0/s1. The number of nitrogens with zero attached hydrogens (tertiary/aromatic N) is 2. The van der Waals surface area contributed by atoms with E-state index in [1.54, 1.807) is 0 Å². The van der Waals surface area contributed by atoms with Crippen molar-refractivity contribution in [2.75, 3.05) is 19.6 Å². The van der Waals surface area contributed by atoms with Gasteiger partial charge in [0.25, 0.3) is 0 Å². The quantitative estimate of drug-likeness (QED) is 0.0299. The van der Waals surface area contributed by atoms with Crippen molar-refractivity contribution in [1.82, 2.24) is 41.9 Å². The molecule has 0 unspecified atom stereocenters. The number of aliphatic imine (C=N–C) groups is 1. The van der Waals surface area contributed by atoms with Crippen LogP contribution in [0, 0.1) is 0 Å². The summed E-state index contributed by atoms with van der Waals surface area (Å²) in [6.07, 6.45) is 5.63. The zero-order valence-electron chi connectivity index (χ0n) is 28.4. The number of nitrogens with two attached hydrogens (primary N) is 3. The molecule has 1 rings (SSSR count). The summed E-state index contributed by atoms with van der Waals surface area (Å²) in [5, 5.41) is 15.9. The highest BCUT2D eigenvalue weighted by Crippen LogP contribution is 2.08. The number of primary amides is 1. The predicted octanol–water partition coefficient (Wildman–Crippen LogP) is -2.94. The molecule has 1 aromatic rings. The smallest absolute Gasteiger partial charge is 0.243 e. The second-order valence-electron chi connectivity index (χ2n) is 11.5. The predicted molar refractivity (Wildman–Crippen MR) is 180 cm³/mol. The molecule has 7 amide bonds. The molecule has 0 saturated carbocycles. The number of carbonyl (C=O) groups is 7. The summed E-state index contributed by atoms with van der Waals surface area (Å²) in [4.78, 5) is 97.8. The Bertz CT molecular complexity index is 1270. The van der Waals surface area contributed by atoms with Gasteiger partial charge in [0.05, 0.1) is 6.33 Å². The average molecular weight is 693 g/mol. The van der Waals surface area contributed by atoms with Crippen molar-refractivity contribution in [1.29, 1.82) is 0 Å². The molecule has 13 N–H and O–H groups in total. The van der Waals surface area contributed by atoms with E-state index in [1.807, 2.05) is 0 Å². The molecule has 0 fully saturated rings. The molecular formula is C30H52N12O7. The fourth-order valence-electron chi connectivity index (χ4n) is 4.69. The zero-order chi connectivity index (χ0) is 36.8. The number of unbranched alkanes of at least 4 members (excludes halogenated alkanes) is 2. The van der Waals surface area contributed by atoms with Crippen LogP contribution in [0.2, 0.25) is 0 Å². The topological polar surface area (TPSA) is 311 Å². The number of aromatic nitrogens is 2. The third-order valence-electron chi connectivity index (χ3n) is 7.13. The van der Waals surface area contributed by atoms with Gasteiger partial charge in [-0.15, -0.1) is 0 Å². The minimum absolute atomic E-state index is 0.0343. The first-order chi connectivity index (χ1) is 23.2. The van der Waals surface area contributed by atoms with Crippen LogP contribution >= 0.6 is 0 Å². The van der Waals surface area contributed by atoms with E-state index in [0.29, 0.717) is 50.9 Å². The van der Waals surface area contributed by atoms with Gasteiger partial charge >= 0.3 is 0 Å². The van der Waals surface area contributed by atoms with Gasteiger partial charge in [-0.1, -0.05) is 0 Å². The molecule has 1 heterocycles. The van der Waals surface area contributed by atoms with Crippen LogP contribution in [0.25, 0.3) is 0 Å². The second kappa shape index (κ2) is 23.2. The van der Waals surface area contributed by atoms with Gasteiger partial charge in [-0.05, 0) is 51.4 Å². The van der Waals surface area contributed by atoms with Gasteiger partial charge in [0.2, 0.25) is 41.4 Å². The molecule has 19 heteroatoms. The maximum Gasteiger partial charge on any atom is 0.243 e. The van der Waals surface area contributed by atoms with Crippen molar-refractivity contribution < 1.29 is 33.6 Å². The maximum atomic E-state index is 13.7. The number of aromatic amines is 1. The van der Waals surface area contributed by atoms with E-state index < -0.39 is 53.7 Å². The molecule has 1 aromatic heterocycles. The van der Waals surface area contributed by atoms with Gasteiger partial charge in [-0.25, -0.2) is 4.98 Å². The van der Waals surface area contributed by atoms with Gasteiger partial charge in [0, 0.05) is 58.7 Å². The Morgan fingerprint density at radius 1 is 0.673 bits per heavy atom. The number of imidazole rings is 1. The molecule has 0 bridgehead atoms. The molecule has 0 aliphatic rings. The Morgan fingerprint density at radius 2 is 1.16 bits per heavy atom. The lowest BCUT2D eigenvalue weighted by atomic mass is 10.0. The third kappa shape index (κ3) is 19.3. The minimum Gasteiger partial charge on any atom is -0.370 e. The number of hydrogen-bond donors (Lipinski definition) is 10. The van der Waals surface area contributed by atoms with Crippen LogP contribution < -0.4 is 49.1 Å². The van der Waals surface area contributed by atoms with Crippen molar-refractivity contribution in [3.63, 3.8) is 0 Å². The molecule has 4 atom stereocenters. The minimum atomic E-state index is -1.21. The van der Waals surface area contributed by atoms with E-state index in [2.05, 4.69) is 46.9 Å². The number of guanidine groups is 1. The van der Waals surface area contributed by atoms with E-state index >= 15 is 0 Å². The number of amides is 7. The molecule has 274 valence electrons. The Kier molecular flexibility index (Phi) is 19.7. The Labute approximate surface area is 285 Å². The van der Waals surface area contributed by atoms with Crippen molar-refractivity contribution in [2.45, 2.75) is 103 Å². The summed E-state index contributed by atoms with van der Waals surface area (Å²) in [7, 11) is 0. The highest BCUT2D eigenvalue weighted by atomic mass is 16.2. The molecule has 0 spiro atoms. The lowest BCUT2D eigenvalue weighted by Crippen LogP contribution is -2.58. The summed E-state index contributed by atoms with van der Waals surface area (Å²) in [5.74, 6) is -3.77. The van der Waals surface area contributed by atoms with E-state index in [9.17, 15) is 33.6 Å². The van der Waals surface area contributed by atoms with Crippen LogP contribution in [-0.2, 0) is 40.0 Å². The van der Waals surface area contributed by atoms with Gasteiger partial charge in [0.1, 0.15) is 24.2 Å². The van der Waals surface area contributed by atoms with Crippen molar-refractivity contribution in [3.05, 3.63) is 18.2 Å². The van der Waals surface area contributed by atoms with E-state index in [-0.39, 0.29) is 50.0 Å². The van der Waals surface area contributed by atoms with E-state index in [0.717, 1.165) is 0 Å². The van der Waals surface area contributed by atoms with Crippen LogP contribution in [0.3, 0.4) is 0 Å². The summed E-state index contributed by atoms with van der Waals surface area (Å²) < 4.78 is 0. The highest BCUT2D eigenvalue weighted by molar-refractivity contribution is 5.95. The van der Waals surface area contributed by atoms with Gasteiger partial charge in [0.15, 0.2) is 5.96 Å². The average Bonchev–Trinajstić information content (AvgIpc) is 3.53. The first-order valence-electron chi connectivity index (χ1n) is 16.2. The normalized spacial score (nSPS) is 13.0. The van der Waals surface area contributed by atoms with Crippen LogP contribution in [-0.4, -0.2) is 101 Å². The van der Waals surface area contributed by atoms with E-state index in [4.69, 9.17) is 17.2 Å². The molecule has 0 saturated heterocycles. The molecular weight excluding hydrogens is 640 g/mol. The molecule has 0 aliphatic carbocycles. The number of rotatable bonds is 24. The summed E-state index contributed by atoms with van der Waals surface area (Å²) in [5.41, 5.74) is 16.8. The van der Waals surface area contributed by atoms with Gasteiger partial charge < -0.3 is 54.1 Å². The summed E-state index contributed by atoms with van der Waals surface area (Å²) in [6, 6.07) is -4.41. The first kappa shape index (κ1) is 41.8. The first-order valence-corrected chi connectivity index (χ1v) is 16.2. The summed E-state index contributed by atoms with van der Waals surface area (Å²) >= 11 is 0. The lowest BCUT2D eigenvalue weighted by molar-refractivity contribution is -0.134. The zero-order valence-corrected chi connectivity index (χ0v) is 28.4. The third-order valence-corrected chi connectivity index (χ3v) is 7.13. The monoisotopic (exact) mass is 692 g/mol. The van der Waals surface area contributed by atoms with Crippen LogP contribution in [0.15, 0.2) is 17.5 Å². The number of hydrogen-bond acceptors (Lipinski definition) is 9.